The van der Waals surface area contributed by atoms with Crippen LogP contribution in [0.2, 0.25) is 0 Å². The van der Waals surface area contributed by atoms with Gasteiger partial charge in [0.15, 0.2) is 6.61 Å². The predicted octanol–water partition coefficient (Wildman–Crippen LogP) is 3.65. The van der Waals surface area contributed by atoms with Gasteiger partial charge in [0.2, 0.25) is 10.0 Å². The molecule has 1 fully saturated rings. The number of carbonyl (C=O) groups excluding carboxylic acids is 2. The van der Waals surface area contributed by atoms with Gasteiger partial charge in [-0.2, -0.15) is 4.31 Å². The molecule has 0 atom stereocenters. The molecule has 5 rings (SSSR count). The number of fused-ring (bicyclic) bond motifs is 1. The third-order valence-corrected chi connectivity index (χ3v) is 8.08. The van der Waals surface area contributed by atoms with Crippen LogP contribution in [-0.2, 0) is 21.4 Å². The van der Waals surface area contributed by atoms with E-state index in [1.165, 1.54) is 28.6 Å². The molecule has 0 radical (unpaired) electrons. The number of benzene rings is 3. The van der Waals surface area contributed by atoms with Crippen LogP contribution in [0.15, 0.2) is 77.7 Å². The standard InChI is InChI=1S/C26H25N3O5S/c30-25-18-34-24-13-10-21(16-23(24)29(25)17-19-6-2-1-3-7-19)27-26(31)20-8-11-22(12-9-20)35(32,33)28-14-4-5-15-28/h1-3,6-13,16H,4-5,14-15,17-18H2,(H,27,31). The van der Waals surface area contributed by atoms with Crippen molar-refractivity contribution in [3.63, 3.8) is 0 Å². The zero-order valence-electron chi connectivity index (χ0n) is 19.0. The average molecular weight is 492 g/mol. The number of hydrogen-bond donors (Lipinski definition) is 1. The van der Waals surface area contributed by atoms with Gasteiger partial charge in [0, 0.05) is 24.3 Å². The lowest BCUT2D eigenvalue weighted by Crippen LogP contribution is -2.38. The summed E-state index contributed by atoms with van der Waals surface area (Å²) in [5, 5.41) is 2.83. The first kappa shape index (κ1) is 23.1. The highest BCUT2D eigenvalue weighted by Gasteiger charge is 2.28. The molecule has 2 aliphatic rings. The first-order valence-electron chi connectivity index (χ1n) is 11.4. The number of amides is 2. The Labute approximate surface area is 204 Å². The molecule has 2 heterocycles. The minimum absolute atomic E-state index is 0.0434. The summed E-state index contributed by atoms with van der Waals surface area (Å²) in [6.07, 6.45) is 1.72. The zero-order valence-corrected chi connectivity index (χ0v) is 19.8. The smallest absolute Gasteiger partial charge is 0.265 e. The van der Waals surface area contributed by atoms with Crippen molar-refractivity contribution >= 4 is 33.2 Å². The third kappa shape index (κ3) is 4.78. The van der Waals surface area contributed by atoms with Gasteiger partial charge >= 0.3 is 0 Å². The average Bonchev–Trinajstić information content (AvgIpc) is 3.43. The molecule has 3 aromatic carbocycles. The van der Waals surface area contributed by atoms with E-state index in [1.54, 1.807) is 23.1 Å². The SMILES string of the molecule is O=C(Nc1ccc2c(c1)N(Cc1ccccc1)C(=O)CO2)c1ccc(S(=O)(=O)N2CCCC2)cc1. The Hall–Kier alpha value is -3.69. The maximum Gasteiger partial charge on any atom is 0.265 e. The van der Waals surface area contributed by atoms with E-state index in [0.29, 0.717) is 42.3 Å². The second-order valence-electron chi connectivity index (χ2n) is 8.53. The van der Waals surface area contributed by atoms with E-state index in [4.69, 9.17) is 4.74 Å². The van der Waals surface area contributed by atoms with E-state index >= 15 is 0 Å². The molecule has 0 aliphatic carbocycles. The maximum absolute atomic E-state index is 12.9. The van der Waals surface area contributed by atoms with E-state index in [2.05, 4.69) is 5.32 Å². The van der Waals surface area contributed by atoms with Gasteiger partial charge in [-0.05, 0) is 60.9 Å². The number of sulfonamides is 1. The molecule has 9 heteroatoms. The predicted molar refractivity (Wildman–Crippen MR) is 132 cm³/mol. The number of anilines is 2. The Bertz CT molecular complexity index is 1350. The zero-order chi connectivity index (χ0) is 24.4. The lowest BCUT2D eigenvalue weighted by molar-refractivity contribution is -0.121. The largest absolute Gasteiger partial charge is 0.482 e. The van der Waals surface area contributed by atoms with Crippen molar-refractivity contribution in [2.45, 2.75) is 24.3 Å². The summed E-state index contributed by atoms with van der Waals surface area (Å²) in [5.74, 6) is 0.0161. The monoisotopic (exact) mass is 491 g/mol. The van der Waals surface area contributed by atoms with Crippen molar-refractivity contribution < 1.29 is 22.7 Å². The number of carbonyl (C=O) groups is 2. The molecular weight excluding hydrogens is 466 g/mol. The van der Waals surface area contributed by atoms with E-state index in [-0.39, 0.29) is 23.3 Å². The molecule has 3 aromatic rings. The normalized spacial score (nSPS) is 16.0. The maximum atomic E-state index is 12.9. The van der Waals surface area contributed by atoms with Crippen molar-refractivity contribution in [2.24, 2.45) is 0 Å². The van der Waals surface area contributed by atoms with Crippen molar-refractivity contribution in [1.29, 1.82) is 0 Å². The molecule has 1 saturated heterocycles. The van der Waals surface area contributed by atoms with E-state index in [0.717, 1.165) is 18.4 Å². The van der Waals surface area contributed by atoms with Crippen LogP contribution in [0.25, 0.3) is 0 Å². The Morgan fingerprint density at radius 3 is 2.37 bits per heavy atom. The van der Waals surface area contributed by atoms with Crippen LogP contribution in [0, 0.1) is 0 Å². The van der Waals surface area contributed by atoms with Crippen molar-refractivity contribution in [3.8, 4) is 5.75 Å². The number of ether oxygens (including phenoxy) is 1. The van der Waals surface area contributed by atoms with Gasteiger partial charge in [-0.1, -0.05) is 30.3 Å². The summed E-state index contributed by atoms with van der Waals surface area (Å²) in [6.45, 7) is 1.39. The van der Waals surface area contributed by atoms with Gasteiger partial charge in [0.1, 0.15) is 5.75 Å². The molecule has 2 aliphatic heterocycles. The van der Waals surface area contributed by atoms with Crippen molar-refractivity contribution in [1.82, 2.24) is 4.31 Å². The highest BCUT2D eigenvalue weighted by Crippen LogP contribution is 2.35. The van der Waals surface area contributed by atoms with Crippen LogP contribution >= 0.6 is 0 Å². The van der Waals surface area contributed by atoms with E-state index in [9.17, 15) is 18.0 Å². The molecule has 0 unspecified atom stereocenters. The number of nitrogens with zero attached hydrogens (tertiary/aromatic N) is 2. The van der Waals surface area contributed by atoms with Gasteiger partial charge in [-0.3, -0.25) is 9.59 Å². The molecule has 8 nitrogen and oxygen atoms in total. The van der Waals surface area contributed by atoms with Gasteiger partial charge in [-0.15, -0.1) is 0 Å². The van der Waals surface area contributed by atoms with Crippen molar-refractivity contribution in [2.75, 3.05) is 29.9 Å². The van der Waals surface area contributed by atoms with Gasteiger partial charge < -0.3 is 15.0 Å². The fourth-order valence-corrected chi connectivity index (χ4v) is 5.80. The summed E-state index contributed by atoms with van der Waals surface area (Å²) < 4.78 is 32.5. The minimum Gasteiger partial charge on any atom is -0.482 e. The Kier molecular flexibility index (Phi) is 6.27. The van der Waals surface area contributed by atoms with E-state index < -0.39 is 10.0 Å². The summed E-state index contributed by atoms with van der Waals surface area (Å²) >= 11 is 0. The first-order chi connectivity index (χ1) is 16.9. The quantitative estimate of drug-likeness (QED) is 0.568. The molecule has 35 heavy (non-hydrogen) atoms. The van der Waals surface area contributed by atoms with Crippen LogP contribution in [0.4, 0.5) is 11.4 Å². The molecule has 0 bridgehead atoms. The van der Waals surface area contributed by atoms with Gasteiger partial charge in [0.05, 0.1) is 17.1 Å². The Morgan fingerprint density at radius 2 is 1.66 bits per heavy atom. The highest BCUT2D eigenvalue weighted by atomic mass is 32.2. The summed E-state index contributed by atoms with van der Waals surface area (Å²) in [5.41, 5.74) is 2.39. The first-order valence-corrected chi connectivity index (χ1v) is 12.9. The van der Waals surface area contributed by atoms with Gasteiger partial charge in [-0.25, -0.2) is 8.42 Å². The molecule has 0 aromatic heterocycles. The fourth-order valence-electron chi connectivity index (χ4n) is 4.28. The van der Waals surface area contributed by atoms with Crippen LogP contribution in [-0.4, -0.2) is 44.2 Å². The molecule has 0 spiro atoms. The molecule has 2 amide bonds. The second kappa shape index (κ2) is 9.52. The molecule has 180 valence electrons. The number of nitrogens with one attached hydrogen (secondary N) is 1. The number of hydrogen-bond acceptors (Lipinski definition) is 5. The van der Waals surface area contributed by atoms with Crippen LogP contribution in [0.5, 0.6) is 5.75 Å². The van der Waals surface area contributed by atoms with Crippen LogP contribution in [0.3, 0.4) is 0 Å². The van der Waals surface area contributed by atoms with E-state index in [1.807, 2.05) is 30.3 Å². The highest BCUT2D eigenvalue weighted by molar-refractivity contribution is 7.89. The number of rotatable bonds is 6. The summed E-state index contributed by atoms with van der Waals surface area (Å²) in [4.78, 5) is 27.3. The van der Waals surface area contributed by atoms with Crippen LogP contribution < -0.4 is 15.0 Å². The lowest BCUT2D eigenvalue weighted by Gasteiger charge is -2.30. The fraction of sp³-hybridized carbons (Fsp3) is 0.231. The van der Waals surface area contributed by atoms with Crippen LogP contribution in [0.1, 0.15) is 28.8 Å². The third-order valence-electron chi connectivity index (χ3n) is 6.16. The molecule has 1 N–H and O–H groups in total. The topological polar surface area (TPSA) is 96.0 Å². The second-order valence-corrected chi connectivity index (χ2v) is 10.5. The summed E-state index contributed by atoms with van der Waals surface area (Å²) in [7, 11) is -3.54. The lowest BCUT2D eigenvalue weighted by atomic mass is 10.1. The molecular formula is C26H25N3O5S. The van der Waals surface area contributed by atoms with Crippen molar-refractivity contribution in [3.05, 3.63) is 83.9 Å². The Balaban J connectivity index is 1.33. The molecule has 0 saturated carbocycles. The van der Waals surface area contributed by atoms with Gasteiger partial charge in [0.25, 0.3) is 11.8 Å². The minimum atomic E-state index is -3.54. The Morgan fingerprint density at radius 1 is 0.943 bits per heavy atom. The summed E-state index contributed by atoms with van der Waals surface area (Å²) in [6, 6.07) is 20.7.